The minimum Gasteiger partial charge on any atom is -0.478 e. The molecule has 0 aromatic heterocycles. The number of carboxylic acids is 1. The number of aromatic carboxylic acids is 1. The first kappa shape index (κ1) is 10.6. The van der Waals surface area contributed by atoms with Crippen LogP contribution in [0.15, 0.2) is 12.1 Å². The lowest BCUT2D eigenvalue weighted by Crippen LogP contribution is -2.06. The van der Waals surface area contributed by atoms with Gasteiger partial charge in [-0.3, -0.25) is 0 Å². The van der Waals surface area contributed by atoms with Gasteiger partial charge < -0.3 is 5.11 Å². The van der Waals surface area contributed by atoms with Crippen LogP contribution >= 0.6 is 0 Å². The van der Waals surface area contributed by atoms with Gasteiger partial charge in [0.15, 0.2) is 0 Å². The van der Waals surface area contributed by atoms with E-state index in [4.69, 9.17) is 5.11 Å². The van der Waals surface area contributed by atoms with E-state index in [1.54, 1.807) is 0 Å². The van der Waals surface area contributed by atoms with E-state index in [0.717, 1.165) is 19.1 Å². The van der Waals surface area contributed by atoms with Crippen LogP contribution in [-0.4, -0.2) is 11.1 Å². The molecule has 1 rings (SSSR count). The van der Waals surface area contributed by atoms with Gasteiger partial charge in [0.05, 0.1) is 5.56 Å². The minimum absolute atomic E-state index is 0.229. The molecule has 1 N–H and O–H groups in total. The Morgan fingerprint density at radius 2 is 2.00 bits per heavy atom. The van der Waals surface area contributed by atoms with Crippen molar-refractivity contribution in [3.8, 4) is 0 Å². The number of alkyl halides is 2. The lowest BCUT2D eigenvalue weighted by atomic mass is 10.0. The van der Waals surface area contributed by atoms with Crippen LogP contribution in [0.4, 0.5) is 13.2 Å². The molecule has 0 fully saturated rings. The molecular weight excluding hydrogens is 197 g/mol. The van der Waals surface area contributed by atoms with Crippen LogP contribution in [-0.2, 0) is 0 Å². The first-order chi connectivity index (χ1) is 6.45. The van der Waals surface area contributed by atoms with Crippen LogP contribution in [0.2, 0.25) is 0 Å². The van der Waals surface area contributed by atoms with Crippen LogP contribution in [0.25, 0.3) is 0 Å². The maximum atomic E-state index is 12.9. The van der Waals surface area contributed by atoms with Crippen molar-refractivity contribution in [2.45, 2.75) is 13.3 Å². The summed E-state index contributed by atoms with van der Waals surface area (Å²) in [5.74, 6) is -2.54. The molecule has 76 valence electrons. The number of rotatable bonds is 2. The molecule has 1 aromatic carbocycles. The Balaban J connectivity index is 3.41. The summed E-state index contributed by atoms with van der Waals surface area (Å²) in [6.07, 6.45) is -2.80. The summed E-state index contributed by atoms with van der Waals surface area (Å²) in [5.41, 5.74) is -1.38. The van der Waals surface area contributed by atoms with E-state index in [0.29, 0.717) is 0 Å². The van der Waals surface area contributed by atoms with Crippen LogP contribution in [0.5, 0.6) is 0 Å². The number of hydrogen-bond donors (Lipinski definition) is 1. The van der Waals surface area contributed by atoms with E-state index in [-0.39, 0.29) is 5.56 Å². The molecule has 0 aliphatic heterocycles. The van der Waals surface area contributed by atoms with Gasteiger partial charge in [-0.25, -0.2) is 18.0 Å². The lowest BCUT2D eigenvalue weighted by Gasteiger charge is -2.08. The molecule has 14 heavy (non-hydrogen) atoms. The standard InChI is InChI=1S/C9H7F3O2/c1-4-5(8(11)12)2-3-6(10)7(4)9(13)14/h2-3,8H,1H3,(H,13,14). The average molecular weight is 204 g/mol. The fourth-order valence-corrected chi connectivity index (χ4v) is 1.19. The maximum Gasteiger partial charge on any atom is 0.338 e. The SMILES string of the molecule is Cc1c(C(F)F)ccc(F)c1C(=O)O. The predicted octanol–water partition coefficient (Wildman–Crippen LogP) is 2.77. The van der Waals surface area contributed by atoms with E-state index >= 15 is 0 Å². The average Bonchev–Trinajstić information content (AvgIpc) is 2.02. The summed E-state index contributed by atoms with van der Waals surface area (Å²) in [5, 5.41) is 8.57. The largest absolute Gasteiger partial charge is 0.478 e. The molecule has 0 atom stereocenters. The Morgan fingerprint density at radius 1 is 1.43 bits per heavy atom. The van der Waals surface area contributed by atoms with Crippen molar-refractivity contribution < 1.29 is 23.1 Å². The van der Waals surface area contributed by atoms with E-state index < -0.39 is 29.3 Å². The highest BCUT2D eigenvalue weighted by molar-refractivity contribution is 5.90. The van der Waals surface area contributed by atoms with E-state index in [9.17, 15) is 18.0 Å². The quantitative estimate of drug-likeness (QED) is 0.804. The lowest BCUT2D eigenvalue weighted by molar-refractivity contribution is 0.0690. The number of benzene rings is 1. The van der Waals surface area contributed by atoms with E-state index in [1.807, 2.05) is 0 Å². The summed E-state index contributed by atoms with van der Waals surface area (Å²) in [6.45, 7) is 1.16. The van der Waals surface area contributed by atoms with Crippen molar-refractivity contribution in [1.82, 2.24) is 0 Å². The van der Waals surface area contributed by atoms with Gasteiger partial charge in [-0.1, -0.05) is 6.07 Å². The fourth-order valence-electron chi connectivity index (χ4n) is 1.19. The molecule has 5 heteroatoms. The second-order valence-corrected chi connectivity index (χ2v) is 2.74. The summed E-state index contributed by atoms with van der Waals surface area (Å²) in [4.78, 5) is 10.5. The van der Waals surface area contributed by atoms with Crippen molar-refractivity contribution in [1.29, 1.82) is 0 Å². The number of carbonyl (C=O) groups is 1. The van der Waals surface area contributed by atoms with Crippen LogP contribution in [0.3, 0.4) is 0 Å². The van der Waals surface area contributed by atoms with Crippen molar-refractivity contribution in [2.75, 3.05) is 0 Å². The third-order valence-electron chi connectivity index (χ3n) is 1.91. The Kier molecular flexibility index (Phi) is 2.78. The summed E-state index contributed by atoms with van der Waals surface area (Å²) >= 11 is 0. The molecule has 0 saturated heterocycles. The third kappa shape index (κ3) is 1.71. The molecule has 0 radical (unpaired) electrons. The molecule has 0 bridgehead atoms. The van der Waals surface area contributed by atoms with Crippen molar-refractivity contribution in [3.63, 3.8) is 0 Å². The highest BCUT2D eigenvalue weighted by Crippen LogP contribution is 2.26. The molecule has 1 aromatic rings. The van der Waals surface area contributed by atoms with Crippen molar-refractivity contribution in [2.24, 2.45) is 0 Å². The zero-order valence-corrected chi connectivity index (χ0v) is 7.22. The second-order valence-electron chi connectivity index (χ2n) is 2.74. The maximum absolute atomic E-state index is 12.9. The van der Waals surface area contributed by atoms with Gasteiger partial charge in [0.1, 0.15) is 5.82 Å². The van der Waals surface area contributed by atoms with E-state index in [1.165, 1.54) is 0 Å². The summed E-state index contributed by atoms with van der Waals surface area (Å²) < 4.78 is 37.5. The number of carboxylic acid groups (broad SMARTS) is 1. The monoisotopic (exact) mass is 204 g/mol. The Hall–Kier alpha value is -1.52. The minimum atomic E-state index is -2.80. The first-order valence-corrected chi connectivity index (χ1v) is 3.75. The molecule has 0 unspecified atom stereocenters. The van der Waals surface area contributed by atoms with Crippen molar-refractivity contribution in [3.05, 3.63) is 34.6 Å². The normalized spacial score (nSPS) is 10.6. The number of halogens is 3. The third-order valence-corrected chi connectivity index (χ3v) is 1.91. The van der Waals surface area contributed by atoms with Gasteiger partial charge in [0, 0.05) is 5.56 Å². The van der Waals surface area contributed by atoms with Gasteiger partial charge in [0.2, 0.25) is 0 Å². The van der Waals surface area contributed by atoms with Crippen molar-refractivity contribution >= 4 is 5.97 Å². The van der Waals surface area contributed by atoms with E-state index in [2.05, 4.69) is 0 Å². The molecule has 2 nitrogen and oxygen atoms in total. The molecule has 0 amide bonds. The zero-order chi connectivity index (χ0) is 10.9. The number of hydrogen-bond acceptors (Lipinski definition) is 1. The summed E-state index contributed by atoms with van der Waals surface area (Å²) in [6, 6.07) is 1.62. The smallest absolute Gasteiger partial charge is 0.338 e. The van der Waals surface area contributed by atoms with Gasteiger partial charge in [0.25, 0.3) is 6.43 Å². The van der Waals surface area contributed by atoms with Gasteiger partial charge in [-0.2, -0.15) is 0 Å². The zero-order valence-electron chi connectivity index (χ0n) is 7.22. The topological polar surface area (TPSA) is 37.3 Å². The Morgan fingerprint density at radius 3 is 2.43 bits per heavy atom. The molecule has 0 heterocycles. The Bertz CT molecular complexity index is 375. The molecule has 0 aliphatic carbocycles. The van der Waals surface area contributed by atoms with Gasteiger partial charge in [-0.15, -0.1) is 0 Å². The second kappa shape index (κ2) is 3.69. The fraction of sp³-hybridized carbons (Fsp3) is 0.222. The van der Waals surface area contributed by atoms with Gasteiger partial charge >= 0.3 is 5.97 Å². The van der Waals surface area contributed by atoms with Crippen LogP contribution < -0.4 is 0 Å². The Labute approximate surface area is 78.0 Å². The highest BCUT2D eigenvalue weighted by atomic mass is 19.3. The first-order valence-electron chi connectivity index (χ1n) is 3.75. The molecule has 0 saturated carbocycles. The van der Waals surface area contributed by atoms with Crippen LogP contribution in [0.1, 0.15) is 27.9 Å². The predicted molar refractivity (Wildman–Crippen MR) is 43.1 cm³/mol. The highest BCUT2D eigenvalue weighted by Gasteiger charge is 2.20. The molecule has 0 spiro atoms. The molecular formula is C9H7F3O2. The summed E-state index contributed by atoms with van der Waals surface area (Å²) in [7, 11) is 0. The van der Waals surface area contributed by atoms with Gasteiger partial charge in [-0.05, 0) is 18.6 Å². The molecule has 0 aliphatic rings. The van der Waals surface area contributed by atoms with Crippen LogP contribution in [0, 0.1) is 12.7 Å².